The lowest BCUT2D eigenvalue weighted by Gasteiger charge is -2.09. The molecule has 0 aliphatic rings. The number of benzene rings is 1. The van der Waals surface area contributed by atoms with Gasteiger partial charge in [0.25, 0.3) is 5.91 Å². The van der Waals surface area contributed by atoms with Crippen molar-refractivity contribution in [3.05, 3.63) is 47.3 Å². The summed E-state index contributed by atoms with van der Waals surface area (Å²) in [6, 6.07) is 7.84. The van der Waals surface area contributed by atoms with Gasteiger partial charge in [0, 0.05) is 17.9 Å². The van der Waals surface area contributed by atoms with E-state index in [9.17, 15) is 4.79 Å². The van der Waals surface area contributed by atoms with Crippen LogP contribution in [0.3, 0.4) is 0 Å². The van der Waals surface area contributed by atoms with E-state index in [1.54, 1.807) is 6.20 Å². The number of rotatable bonds is 6. The minimum Gasteiger partial charge on any atom is -0.330 e. The van der Waals surface area contributed by atoms with Crippen LogP contribution in [0, 0.1) is 6.92 Å². The quantitative estimate of drug-likeness (QED) is 0.856. The third-order valence-corrected chi connectivity index (χ3v) is 3.57. The maximum Gasteiger partial charge on any atom is 0.259 e. The number of para-hydroxylation sites is 1. The molecule has 1 aromatic heterocycles. The van der Waals surface area contributed by atoms with Gasteiger partial charge in [-0.05, 0) is 37.9 Å². The standard InChI is InChI=1S/C16H22N4O/c1-3-13-7-4-5-8-15(13)19-16(21)14-11-18-20(12(14)2)10-6-9-17/h4-5,7-8,11H,3,6,9-10,17H2,1-2H3,(H,19,21). The SMILES string of the molecule is CCc1ccccc1NC(=O)c1cnn(CCCN)c1C. The van der Waals surface area contributed by atoms with E-state index < -0.39 is 0 Å². The van der Waals surface area contributed by atoms with Gasteiger partial charge in [0.05, 0.1) is 11.8 Å². The number of aromatic nitrogens is 2. The highest BCUT2D eigenvalue weighted by Crippen LogP contribution is 2.17. The van der Waals surface area contributed by atoms with Gasteiger partial charge in [-0.15, -0.1) is 0 Å². The summed E-state index contributed by atoms with van der Waals surface area (Å²) in [4.78, 5) is 12.4. The number of hydrogen-bond acceptors (Lipinski definition) is 3. The van der Waals surface area contributed by atoms with Crippen molar-refractivity contribution in [2.24, 2.45) is 5.73 Å². The molecule has 0 saturated carbocycles. The third-order valence-electron chi connectivity index (χ3n) is 3.57. The fourth-order valence-corrected chi connectivity index (χ4v) is 2.28. The maximum absolute atomic E-state index is 12.4. The summed E-state index contributed by atoms with van der Waals surface area (Å²) in [5.41, 5.74) is 8.97. The van der Waals surface area contributed by atoms with Gasteiger partial charge in [-0.2, -0.15) is 5.10 Å². The van der Waals surface area contributed by atoms with Gasteiger partial charge in [0.2, 0.25) is 0 Å². The summed E-state index contributed by atoms with van der Waals surface area (Å²) < 4.78 is 1.83. The molecule has 21 heavy (non-hydrogen) atoms. The Balaban J connectivity index is 2.15. The first-order valence-corrected chi connectivity index (χ1v) is 7.29. The van der Waals surface area contributed by atoms with Gasteiger partial charge in [-0.25, -0.2) is 0 Å². The van der Waals surface area contributed by atoms with E-state index in [1.807, 2.05) is 35.9 Å². The van der Waals surface area contributed by atoms with E-state index in [2.05, 4.69) is 17.3 Å². The van der Waals surface area contributed by atoms with Crippen molar-refractivity contribution < 1.29 is 4.79 Å². The van der Waals surface area contributed by atoms with E-state index in [0.717, 1.165) is 36.3 Å². The second-order valence-electron chi connectivity index (χ2n) is 4.97. The molecule has 112 valence electrons. The predicted molar refractivity (Wildman–Crippen MR) is 84.4 cm³/mol. The van der Waals surface area contributed by atoms with Gasteiger partial charge in [-0.3, -0.25) is 9.48 Å². The molecule has 1 heterocycles. The van der Waals surface area contributed by atoms with Crippen LogP contribution in [0.5, 0.6) is 0 Å². The smallest absolute Gasteiger partial charge is 0.259 e. The Hall–Kier alpha value is -2.14. The molecule has 0 atom stereocenters. The van der Waals surface area contributed by atoms with Crippen LogP contribution >= 0.6 is 0 Å². The highest BCUT2D eigenvalue weighted by Gasteiger charge is 2.15. The molecule has 0 unspecified atom stereocenters. The van der Waals surface area contributed by atoms with Crippen LogP contribution in [0.15, 0.2) is 30.5 Å². The number of aryl methyl sites for hydroxylation is 2. The molecule has 0 bridgehead atoms. The summed E-state index contributed by atoms with van der Waals surface area (Å²) in [6.07, 6.45) is 3.35. The lowest BCUT2D eigenvalue weighted by Crippen LogP contribution is -2.15. The number of hydrogen-bond donors (Lipinski definition) is 2. The molecular weight excluding hydrogens is 264 g/mol. The Morgan fingerprint density at radius 2 is 2.14 bits per heavy atom. The summed E-state index contributed by atoms with van der Waals surface area (Å²) >= 11 is 0. The van der Waals surface area contributed by atoms with Crippen LogP contribution in [0.25, 0.3) is 0 Å². The van der Waals surface area contributed by atoms with Crippen LogP contribution in [0.2, 0.25) is 0 Å². The number of amides is 1. The van der Waals surface area contributed by atoms with Crippen LogP contribution in [-0.4, -0.2) is 22.2 Å². The zero-order chi connectivity index (χ0) is 15.2. The minimum atomic E-state index is -0.118. The third kappa shape index (κ3) is 3.49. The molecule has 1 aromatic carbocycles. The zero-order valence-electron chi connectivity index (χ0n) is 12.6. The number of anilines is 1. The van der Waals surface area contributed by atoms with E-state index in [1.165, 1.54) is 0 Å². The van der Waals surface area contributed by atoms with Crippen molar-refractivity contribution in [1.29, 1.82) is 0 Å². The van der Waals surface area contributed by atoms with Crippen molar-refractivity contribution >= 4 is 11.6 Å². The Kier molecular flexibility index (Phi) is 5.11. The first-order valence-electron chi connectivity index (χ1n) is 7.29. The van der Waals surface area contributed by atoms with Crippen LogP contribution in [-0.2, 0) is 13.0 Å². The van der Waals surface area contributed by atoms with Gasteiger partial charge < -0.3 is 11.1 Å². The molecule has 1 amide bonds. The highest BCUT2D eigenvalue weighted by atomic mass is 16.1. The number of nitrogens with zero attached hydrogens (tertiary/aromatic N) is 2. The van der Waals surface area contributed by atoms with E-state index >= 15 is 0 Å². The van der Waals surface area contributed by atoms with Crippen molar-refractivity contribution in [2.45, 2.75) is 33.2 Å². The average molecular weight is 286 g/mol. The van der Waals surface area contributed by atoms with Crippen molar-refractivity contribution in [2.75, 3.05) is 11.9 Å². The van der Waals surface area contributed by atoms with E-state index in [4.69, 9.17) is 5.73 Å². The largest absolute Gasteiger partial charge is 0.330 e. The Morgan fingerprint density at radius 1 is 1.38 bits per heavy atom. The molecule has 0 fully saturated rings. The van der Waals surface area contributed by atoms with Crippen molar-refractivity contribution in [1.82, 2.24) is 9.78 Å². The van der Waals surface area contributed by atoms with Gasteiger partial charge >= 0.3 is 0 Å². The van der Waals surface area contributed by atoms with E-state index in [-0.39, 0.29) is 5.91 Å². The van der Waals surface area contributed by atoms with Crippen LogP contribution in [0.1, 0.15) is 35.0 Å². The van der Waals surface area contributed by atoms with E-state index in [0.29, 0.717) is 12.1 Å². The van der Waals surface area contributed by atoms with Crippen molar-refractivity contribution in [3.63, 3.8) is 0 Å². The molecule has 0 aliphatic heterocycles. The van der Waals surface area contributed by atoms with Crippen LogP contribution < -0.4 is 11.1 Å². The molecule has 5 nitrogen and oxygen atoms in total. The topological polar surface area (TPSA) is 72.9 Å². The molecule has 0 radical (unpaired) electrons. The minimum absolute atomic E-state index is 0.118. The summed E-state index contributed by atoms with van der Waals surface area (Å²) in [7, 11) is 0. The molecule has 0 spiro atoms. The number of carbonyl (C=O) groups excluding carboxylic acids is 1. The lowest BCUT2D eigenvalue weighted by atomic mass is 10.1. The fraction of sp³-hybridized carbons (Fsp3) is 0.375. The number of carbonyl (C=O) groups is 1. The molecule has 0 saturated heterocycles. The number of nitrogens with one attached hydrogen (secondary N) is 1. The monoisotopic (exact) mass is 286 g/mol. The summed E-state index contributed by atoms with van der Waals surface area (Å²) in [5, 5.41) is 7.23. The predicted octanol–water partition coefficient (Wildman–Crippen LogP) is 2.36. The van der Waals surface area contributed by atoms with Gasteiger partial charge in [0.15, 0.2) is 0 Å². The maximum atomic E-state index is 12.4. The Bertz CT molecular complexity index is 618. The summed E-state index contributed by atoms with van der Waals surface area (Å²) in [5.74, 6) is -0.118. The molecular formula is C16H22N4O. The first kappa shape index (κ1) is 15.3. The number of nitrogens with two attached hydrogens (primary N) is 1. The molecule has 2 aromatic rings. The fourth-order valence-electron chi connectivity index (χ4n) is 2.28. The van der Waals surface area contributed by atoms with Gasteiger partial charge in [-0.1, -0.05) is 25.1 Å². The first-order chi connectivity index (χ1) is 10.2. The molecule has 2 rings (SSSR count). The zero-order valence-corrected chi connectivity index (χ0v) is 12.6. The molecule has 5 heteroatoms. The Labute approximate surface area is 125 Å². The van der Waals surface area contributed by atoms with Gasteiger partial charge in [0.1, 0.15) is 0 Å². The normalized spacial score (nSPS) is 10.6. The summed E-state index contributed by atoms with van der Waals surface area (Å²) in [6.45, 7) is 5.33. The molecule has 0 aliphatic carbocycles. The molecule has 3 N–H and O–H groups in total. The highest BCUT2D eigenvalue weighted by molar-refractivity contribution is 6.05. The van der Waals surface area contributed by atoms with Crippen LogP contribution in [0.4, 0.5) is 5.69 Å². The Morgan fingerprint density at radius 3 is 2.86 bits per heavy atom. The van der Waals surface area contributed by atoms with Crippen molar-refractivity contribution in [3.8, 4) is 0 Å². The second-order valence-corrected chi connectivity index (χ2v) is 4.97. The second kappa shape index (κ2) is 7.04. The average Bonchev–Trinajstić information content (AvgIpc) is 2.86. The lowest BCUT2D eigenvalue weighted by molar-refractivity contribution is 0.102.